The van der Waals surface area contributed by atoms with Gasteiger partial charge >= 0.3 is 0 Å². The summed E-state index contributed by atoms with van der Waals surface area (Å²) in [4.78, 5) is 11.7. The molecule has 1 amide bonds. The van der Waals surface area contributed by atoms with Crippen LogP contribution in [-0.2, 0) is 11.2 Å². The monoisotopic (exact) mass is 251 g/mol. The Labute approximate surface area is 108 Å². The Morgan fingerprint density at radius 1 is 1.39 bits per heavy atom. The van der Waals surface area contributed by atoms with E-state index < -0.39 is 0 Å². The molecule has 18 heavy (non-hydrogen) atoms. The fraction of sp³-hybridized carbons (Fsp3) is 0.500. The summed E-state index contributed by atoms with van der Waals surface area (Å²) < 4.78 is 5.57. The van der Waals surface area contributed by atoms with Gasteiger partial charge in [0.25, 0.3) is 0 Å². The van der Waals surface area contributed by atoms with Crippen LogP contribution in [0.4, 0.5) is 0 Å². The van der Waals surface area contributed by atoms with Gasteiger partial charge in [0.2, 0.25) is 5.91 Å². The van der Waals surface area contributed by atoms with Crippen molar-refractivity contribution in [3.05, 3.63) is 29.8 Å². The second-order valence-electron chi connectivity index (χ2n) is 4.64. The van der Waals surface area contributed by atoms with Crippen LogP contribution in [-0.4, -0.2) is 29.8 Å². The summed E-state index contributed by atoms with van der Waals surface area (Å²) in [5.74, 6) is 0.670. The summed E-state index contributed by atoms with van der Waals surface area (Å²) in [7, 11) is 0. The van der Waals surface area contributed by atoms with Crippen molar-refractivity contribution in [1.82, 2.24) is 5.32 Å². The molecule has 0 heterocycles. The topological polar surface area (TPSA) is 58.6 Å². The zero-order valence-corrected chi connectivity index (χ0v) is 11.1. The molecule has 4 heteroatoms. The van der Waals surface area contributed by atoms with E-state index in [0.29, 0.717) is 6.42 Å². The number of aliphatic hydroxyl groups is 1. The lowest BCUT2D eigenvalue weighted by Gasteiger charge is -2.12. The minimum atomic E-state index is -0.215. The fourth-order valence-electron chi connectivity index (χ4n) is 1.56. The summed E-state index contributed by atoms with van der Waals surface area (Å²) >= 11 is 0. The summed E-state index contributed by atoms with van der Waals surface area (Å²) in [5, 5.41) is 11.6. The van der Waals surface area contributed by atoms with Crippen LogP contribution in [0.2, 0.25) is 0 Å². The minimum absolute atomic E-state index is 0.0533. The maximum Gasteiger partial charge on any atom is 0.224 e. The lowest BCUT2D eigenvalue weighted by atomic mass is 10.1. The Morgan fingerprint density at radius 3 is 2.72 bits per heavy atom. The molecule has 4 nitrogen and oxygen atoms in total. The first kappa shape index (κ1) is 14.5. The smallest absolute Gasteiger partial charge is 0.224 e. The van der Waals surface area contributed by atoms with Gasteiger partial charge in [0.1, 0.15) is 5.75 Å². The predicted molar refractivity (Wildman–Crippen MR) is 70.6 cm³/mol. The van der Waals surface area contributed by atoms with Crippen LogP contribution < -0.4 is 10.1 Å². The fourth-order valence-corrected chi connectivity index (χ4v) is 1.56. The number of carbonyl (C=O) groups excluding carboxylic acids is 1. The molecular weight excluding hydrogens is 230 g/mol. The highest BCUT2D eigenvalue weighted by molar-refractivity contribution is 5.78. The number of amides is 1. The van der Waals surface area contributed by atoms with Crippen molar-refractivity contribution < 1.29 is 14.6 Å². The second-order valence-corrected chi connectivity index (χ2v) is 4.64. The number of ether oxygens (including phenoxy) is 1. The molecule has 0 aliphatic carbocycles. The zero-order chi connectivity index (χ0) is 13.5. The van der Waals surface area contributed by atoms with Crippen LogP contribution in [0.5, 0.6) is 5.75 Å². The van der Waals surface area contributed by atoms with Crippen LogP contribution in [0, 0.1) is 0 Å². The Balaban J connectivity index is 2.59. The van der Waals surface area contributed by atoms with Crippen LogP contribution in [0.1, 0.15) is 26.3 Å². The summed E-state index contributed by atoms with van der Waals surface area (Å²) in [5.41, 5.74) is 0.899. The zero-order valence-electron chi connectivity index (χ0n) is 11.1. The average molecular weight is 251 g/mol. The van der Waals surface area contributed by atoms with Crippen molar-refractivity contribution in [3.8, 4) is 5.75 Å². The lowest BCUT2D eigenvalue weighted by molar-refractivity contribution is -0.121. The van der Waals surface area contributed by atoms with Gasteiger partial charge in [-0.1, -0.05) is 12.1 Å². The van der Waals surface area contributed by atoms with E-state index in [0.717, 1.165) is 11.3 Å². The van der Waals surface area contributed by atoms with Gasteiger partial charge in [0.15, 0.2) is 0 Å². The highest BCUT2D eigenvalue weighted by atomic mass is 16.5. The molecule has 0 bridgehead atoms. The van der Waals surface area contributed by atoms with Gasteiger partial charge in [0.05, 0.1) is 19.1 Å². The predicted octanol–water partition coefficient (Wildman–Crippen LogP) is 1.51. The van der Waals surface area contributed by atoms with E-state index in [2.05, 4.69) is 5.32 Å². The summed E-state index contributed by atoms with van der Waals surface area (Å²) in [6.07, 6.45) is 0.406. The Kier molecular flexibility index (Phi) is 5.65. The van der Waals surface area contributed by atoms with E-state index in [1.165, 1.54) is 0 Å². The number of aliphatic hydroxyl groups excluding tert-OH is 1. The first-order valence-electron chi connectivity index (χ1n) is 6.17. The molecule has 0 aliphatic heterocycles. The molecule has 1 aromatic carbocycles. The minimum Gasteiger partial charge on any atom is -0.491 e. The molecule has 0 aromatic heterocycles. The molecule has 1 aromatic rings. The van der Waals surface area contributed by atoms with Gasteiger partial charge < -0.3 is 15.2 Å². The SMILES string of the molecule is CC(CO)NC(=O)Cc1cccc(OC(C)C)c1. The molecular formula is C14H21NO3. The number of rotatable bonds is 6. The van der Waals surface area contributed by atoms with E-state index in [1.807, 2.05) is 38.1 Å². The van der Waals surface area contributed by atoms with E-state index in [1.54, 1.807) is 6.92 Å². The Bertz CT molecular complexity index is 390. The highest BCUT2D eigenvalue weighted by Gasteiger charge is 2.08. The second kappa shape index (κ2) is 7.01. The molecule has 0 spiro atoms. The van der Waals surface area contributed by atoms with Crippen LogP contribution >= 0.6 is 0 Å². The normalized spacial score (nSPS) is 12.3. The van der Waals surface area contributed by atoms with Gasteiger partial charge in [0, 0.05) is 6.04 Å². The molecule has 0 saturated heterocycles. The Hall–Kier alpha value is -1.55. The molecule has 0 radical (unpaired) electrons. The van der Waals surface area contributed by atoms with Crippen LogP contribution in [0.15, 0.2) is 24.3 Å². The molecule has 1 unspecified atom stereocenters. The standard InChI is InChI=1S/C14H21NO3/c1-10(2)18-13-6-4-5-12(7-13)8-14(17)15-11(3)9-16/h4-7,10-11,16H,8-9H2,1-3H3,(H,15,17). The van der Waals surface area contributed by atoms with Gasteiger partial charge in [-0.25, -0.2) is 0 Å². The van der Waals surface area contributed by atoms with Crippen LogP contribution in [0.25, 0.3) is 0 Å². The maximum absolute atomic E-state index is 11.7. The van der Waals surface area contributed by atoms with Crippen molar-refractivity contribution >= 4 is 5.91 Å². The van der Waals surface area contributed by atoms with E-state index in [-0.39, 0.29) is 24.7 Å². The van der Waals surface area contributed by atoms with Crippen molar-refractivity contribution in [1.29, 1.82) is 0 Å². The number of benzene rings is 1. The number of nitrogens with one attached hydrogen (secondary N) is 1. The van der Waals surface area contributed by atoms with E-state index >= 15 is 0 Å². The third-order valence-electron chi connectivity index (χ3n) is 2.32. The van der Waals surface area contributed by atoms with Gasteiger partial charge in [-0.3, -0.25) is 4.79 Å². The number of hydrogen-bond acceptors (Lipinski definition) is 3. The first-order chi connectivity index (χ1) is 8.51. The molecule has 0 saturated carbocycles. The third kappa shape index (κ3) is 5.19. The summed E-state index contributed by atoms with van der Waals surface area (Å²) in [6.45, 7) is 5.63. The van der Waals surface area contributed by atoms with Crippen molar-refractivity contribution in [2.45, 2.75) is 39.3 Å². The molecule has 0 fully saturated rings. The number of hydrogen-bond donors (Lipinski definition) is 2. The van der Waals surface area contributed by atoms with Gasteiger partial charge in [-0.05, 0) is 38.5 Å². The van der Waals surface area contributed by atoms with Gasteiger partial charge in [-0.15, -0.1) is 0 Å². The van der Waals surface area contributed by atoms with Crippen molar-refractivity contribution in [2.24, 2.45) is 0 Å². The molecule has 100 valence electrons. The van der Waals surface area contributed by atoms with Gasteiger partial charge in [-0.2, -0.15) is 0 Å². The maximum atomic E-state index is 11.7. The lowest BCUT2D eigenvalue weighted by Crippen LogP contribution is -2.35. The van der Waals surface area contributed by atoms with E-state index in [9.17, 15) is 4.79 Å². The summed E-state index contributed by atoms with van der Waals surface area (Å²) in [6, 6.07) is 7.28. The highest BCUT2D eigenvalue weighted by Crippen LogP contribution is 2.15. The van der Waals surface area contributed by atoms with Crippen molar-refractivity contribution in [3.63, 3.8) is 0 Å². The van der Waals surface area contributed by atoms with Crippen LogP contribution in [0.3, 0.4) is 0 Å². The Morgan fingerprint density at radius 2 is 2.11 bits per heavy atom. The molecule has 1 atom stereocenters. The third-order valence-corrected chi connectivity index (χ3v) is 2.32. The quantitative estimate of drug-likeness (QED) is 0.805. The molecule has 0 aliphatic rings. The average Bonchev–Trinajstić information content (AvgIpc) is 2.28. The van der Waals surface area contributed by atoms with E-state index in [4.69, 9.17) is 9.84 Å². The number of carbonyl (C=O) groups is 1. The first-order valence-corrected chi connectivity index (χ1v) is 6.17. The molecule has 1 rings (SSSR count). The largest absolute Gasteiger partial charge is 0.491 e. The van der Waals surface area contributed by atoms with Crippen molar-refractivity contribution in [2.75, 3.05) is 6.61 Å². The molecule has 2 N–H and O–H groups in total.